The van der Waals surface area contributed by atoms with Gasteiger partial charge in [0.2, 0.25) is 0 Å². The van der Waals surface area contributed by atoms with Crippen molar-refractivity contribution in [1.82, 2.24) is 0 Å². The van der Waals surface area contributed by atoms with Gasteiger partial charge in [-0.1, -0.05) is 0 Å². The van der Waals surface area contributed by atoms with Crippen LogP contribution in [-0.2, 0) is 0 Å². The molecule has 0 unspecified atom stereocenters. The standard InChI is InChI=1S/C16H10N4O/c1-11-2-7-16(21-11)12-3-5-14(6-4-12)20-15(10-19)13(8-17)9-18/h2-7,20H,1H3. The number of nitriles is 3. The Morgan fingerprint density at radius 1 is 0.952 bits per heavy atom. The lowest BCUT2D eigenvalue weighted by atomic mass is 10.1. The number of aryl methyl sites for hydroxylation is 1. The summed E-state index contributed by atoms with van der Waals surface area (Å²) in [5, 5.41) is 29.3. The molecule has 1 aromatic carbocycles. The maximum atomic E-state index is 8.97. The second kappa shape index (κ2) is 6.10. The molecule has 0 radical (unpaired) electrons. The lowest BCUT2D eigenvalue weighted by Gasteiger charge is -2.05. The third-order valence-electron chi connectivity index (χ3n) is 2.76. The SMILES string of the molecule is Cc1ccc(-c2ccc(NC(C#N)=C(C#N)C#N)cc2)o1. The van der Waals surface area contributed by atoms with Crippen LogP contribution in [0.3, 0.4) is 0 Å². The minimum absolute atomic E-state index is 0.0680. The van der Waals surface area contributed by atoms with Crippen LogP contribution >= 0.6 is 0 Å². The zero-order valence-electron chi connectivity index (χ0n) is 11.2. The van der Waals surface area contributed by atoms with Gasteiger partial charge in [-0.05, 0) is 43.3 Å². The Balaban J connectivity index is 2.25. The summed E-state index contributed by atoms with van der Waals surface area (Å²) < 4.78 is 5.52. The van der Waals surface area contributed by atoms with Crippen molar-refractivity contribution >= 4 is 5.69 Å². The van der Waals surface area contributed by atoms with Gasteiger partial charge in [-0.25, -0.2) is 0 Å². The maximum absolute atomic E-state index is 8.97. The van der Waals surface area contributed by atoms with Crippen LogP contribution in [0, 0.1) is 40.9 Å². The number of rotatable bonds is 3. The van der Waals surface area contributed by atoms with Crippen molar-refractivity contribution < 1.29 is 4.42 Å². The normalized spacial score (nSPS) is 9.05. The molecule has 2 rings (SSSR count). The summed E-state index contributed by atoms with van der Waals surface area (Å²) in [6.07, 6.45) is 0. The number of nitrogens with zero attached hydrogens (tertiary/aromatic N) is 3. The van der Waals surface area contributed by atoms with Crippen molar-refractivity contribution in [3.05, 3.63) is 53.4 Å². The van der Waals surface area contributed by atoms with Crippen LogP contribution < -0.4 is 5.32 Å². The minimum Gasteiger partial charge on any atom is -0.461 e. The second-order valence-corrected chi connectivity index (χ2v) is 4.20. The van der Waals surface area contributed by atoms with Gasteiger partial charge < -0.3 is 9.73 Å². The quantitative estimate of drug-likeness (QED) is 0.864. The summed E-state index contributed by atoms with van der Waals surface area (Å²) in [5.41, 5.74) is 1.20. The van der Waals surface area contributed by atoms with Gasteiger partial charge in [-0.15, -0.1) is 0 Å². The fourth-order valence-corrected chi connectivity index (χ4v) is 1.73. The molecule has 1 heterocycles. The number of anilines is 1. The van der Waals surface area contributed by atoms with Gasteiger partial charge in [0.05, 0.1) is 0 Å². The molecule has 0 saturated carbocycles. The number of nitrogens with one attached hydrogen (secondary N) is 1. The van der Waals surface area contributed by atoms with Crippen LogP contribution in [0.5, 0.6) is 0 Å². The Bertz CT molecular complexity index is 792. The van der Waals surface area contributed by atoms with E-state index in [0.717, 1.165) is 17.1 Å². The van der Waals surface area contributed by atoms with E-state index in [4.69, 9.17) is 20.2 Å². The lowest BCUT2D eigenvalue weighted by molar-refractivity contribution is 0.548. The van der Waals surface area contributed by atoms with E-state index in [9.17, 15) is 0 Å². The first-order chi connectivity index (χ1) is 10.2. The molecular formula is C16H10N4O. The van der Waals surface area contributed by atoms with Crippen LogP contribution in [0.1, 0.15) is 5.76 Å². The first-order valence-corrected chi connectivity index (χ1v) is 6.06. The Kier molecular flexibility index (Phi) is 4.05. The molecule has 5 nitrogen and oxygen atoms in total. The largest absolute Gasteiger partial charge is 0.461 e. The highest BCUT2D eigenvalue weighted by Crippen LogP contribution is 2.24. The average Bonchev–Trinajstić information content (AvgIpc) is 2.94. The Morgan fingerprint density at radius 2 is 1.62 bits per heavy atom. The second-order valence-electron chi connectivity index (χ2n) is 4.20. The predicted molar refractivity (Wildman–Crippen MR) is 76.4 cm³/mol. The molecule has 21 heavy (non-hydrogen) atoms. The van der Waals surface area contributed by atoms with Crippen LogP contribution in [0.25, 0.3) is 11.3 Å². The monoisotopic (exact) mass is 274 g/mol. The number of benzene rings is 1. The van der Waals surface area contributed by atoms with E-state index in [1.165, 1.54) is 0 Å². The summed E-state index contributed by atoms with van der Waals surface area (Å²) >= 11 is 0. The summed E-state index contributed by atoms with van der Waals surface area (Å²) in [4.78, 5) is 0. The molecule has 1 aromatic heterocycles. The molecule has 1 N–H and O–H groups in total. The summed E-state index contributed by atoms with van der Waals surface area (Å²) in [5.74, 6) is 1.58. The molecule has 0 bridgehead atoms. The Hall–Kier alpha value is -3.49. The first kappa shape index (κ1) is 13.9. The molecule has 0 fully saturated rings. The molecule has 0 atom stereocenters. The van der Waals surface area contributed by atoms with E-state index in [1.807, 2.05) is 37.3 Å². The molecule has 2 aromatic rings. The first-order valence-electron chi connectivity index (χ1n) is 6.06. The number of hydrogen-bond donors (Lipinski definition) is 1. The molecule has 0 aliphatic carbocycles. The molecular weight excluding hydrogens is 264 g/mol. The minimum atomic E-state index is -0.247. The third-order valence-corrected chi connectivity index (χ3v) is 2.76. The van der Waals surface area contributed by atoms with Crippen molar-refractivity contribution in [1.29, 1.82) is 15.8 Å². The average molecular weight is 274 g/mol. The maximum Gasteiger partial charge on any atom is 0.163 e. The molecule has 100 valence electrons. The zero-order chi connectivity index (χ0) is 15.2. The van der Waals surface area contributed by atoms with Crippen molar-refractivity contribution in [3.63, 3.8) is 0 Å². The van der Waals surface area contributed by atoms with E-state index in [2.05, 4.69) is 5.32 Å². The van der Waals surface area contributed by atoms with Gasteiger partial charge in [-0.3, -0.25) is 0 Å². The summed E-state index contributed by atoms with van der Waals surface area (Å²) in [7, 11) is 0. The highest BCUT2D eigenvalue weighted by Gasteiger charge is 2.07. The van der Waals surface area contributed by atoms with E-state index in [1.54, 1.807) is 24.3 Å². The highest BCUT2D eigenvalue weighted by atomic mass is 16.3. The van der Waals surface area contributed by atoms with Gasteiger partial charge >= 0.3 is 0 Å². The molecule has 5 heteroatoms. The van der Waals surface area contributed by atoms with Crippen molar-refractivity contribution in [2.45, 2.75) is 6.92 Å². The van der Waals surface area contributed by atoms with Crippen molar-refractivity contribution in [2.24, 2.45) is 0 Å². The smallest absolute Gasteiger partial charge is 0.163 e. The molecule has 0 aliphatic rings. The van der Waals surface area contributed by atoms with Gasteiger partial charge in [0.15, 0.2) is 5.57 Å². The molecule has 0 saturated heterocycles. The highest BCUT2D eigenvalue weighted by molar-refractivity contribution is 5.64. The van der Waals surface area contributed by atoms with E-state index >= 15 is 0 Å². The Labute approximate surface area is 122 Å². The van der Waals surface area contributed by atoms with Gasteiger partial charge in [-0.2, -0.15) is 15.8 Å². The Morgan fingerprint density at radius 3 is 2.10 bits per heavy atom. The van der Waals surface area contributed by atoms with E-state index in [0.29, 0.717) is 5.69 Å². The van der Waals surface area contributed by atoms with Crippen LogP contribution in [-0.4, -0.2) is 0 Å². The topological polar surface area (TPSA) is 96.5 Å². The van der Waals surface area contributed by atoms with Crippen LogP contribution in [0.15, 0.2) is 52.1 Å². The summed E-state index contributed by atoms with van der Waals surface area (Å²) in [6.45, 7) is 1.87. The zero-order valence-corrected chi connectivity index (χ0v) is 11.2. The van der Waals surface area contributed by atoms with Crippen molar-refractivity contribution in [3.8, 4) is 29.5 Å². The van der Waals surface area contributed by atoms with Gasteiger partial charge in [0, 0.05) is 11.3 Å². The predicted octanol–water partition coefficient (Wildman–Crippen LogP) is 3.49. The third kappa shape index (κ3) is 3.10. The number of hydrogen-bond acceptors (Lipinski definition) is 5. The lowest BCUT2D eigenvalue weighted by Crippen LogP contribution is -2.00. The van der Waals surface area contributed by atoms with Crippen LogP contribution in [0.2, 0.25) is 0 Å². The van der Waals surface area contributed by atoms with Gasteiger partial charge in [0.25, 0.3) is 0 Å². The number of allylic oxidation sites excluding steroid dienone is 2. The molecule has 0 spiro atoms. The number of furan rings is 1. The van der Waals surface area contributed by atoms with Crippen molar-refractivity contribution in [2.75, 3.05) is 5.32 Å². The van der Waals surface area contributed by atoms with E-state index < -0.39 is 0 Å². The molecule has 0 amide bonds. The van der Waals surface area contributed by atoms with Gasteiger partial charge in [0.1, 0.15) is 35.4 Å². The van der Waals surface area contributed by atoms with E-state index in [-0.39, 0.29) is 11.3 Å². The molecule has 0 aliphatic heterocycles. The van der Waals surface area contributed by atoms with Crippen LogP contribution in [0.4, 0.5) is 5.69 Å². The fourth-order valence-electron chi connectivity index (χ4n) is 1.73. The summed E-state index contributed by atoms with van der Waals surface area (Å²) in [6, 6.07) is 16.1. The fraction of sp³-hybridized carbons (Fsp3) is 0.0625.